The fraction of sp³-hybridized carbons (Fsp3) is 0.556. The summed E-state index contributed by atoms with van der Waals surface area (Å²) in [5, 5.41) is 6.14. The molecule has 1 heterocycles. The van der Waals surface area contributed by atoms with Gasteiger partial charge in [0.2, 0.25) is 5.91 Å². The van der Waals surface area contributed by atoms with E-state index in [1.54, 1.807) is 13.1 Å². The van der Waals surface area contributed by atoms with E-state index >= 15 is 0 Å². The quantitative estimate of drug-likeness (QED) is 0.295. The molecule has 2 rings (SSSR count). The highest BCUT2D eigenvalue weighted by Gasteiger charge is 2.21. The van der Waals surface area contributed by atoms with Crippen LogP contribution in [0.2, 0.25) is 0 Å². The van der Waals surface area contributed by atoms with Gasteiger partial charge in [0, 0.05) is 52.2 Å². The summed E-state index contributed by atoms with van der Waals surface area (Å²) < 4.78 is 13.9. The lowest BCUT2D eigenvalue weighted by Crippen LogP contribution is -2.53. The molecule has 1 amide bonds. The summed E-state index contributed by atoms with van der Waals surface area (Å²) in [6, 6.07) is 6.87. The average Bonchev–Trinajstić information content (AvgIpc) is 2.62. The van der Waals surface area contributed by atoms with E-state index < -0.39 is 0 Å². The Hall–Kier alpha value is -1.58. The highest BCUT2D eigenvalue weighted by atomic mass is 127. The Bertz CT molecular complexity index is 603. The number of rotatable bonds is 5. The van der Waals surface area contributed by atoms with Crippen molar-refractivity contribution in [2.24, 2.45) is 10.9 Å². The Balaban J connectivity index is 0.00000338. The minimum absolute atomic E-state index is 0. The van der Waals surface area contributed by atoms with Crippen molar-refractivity contribution in [1.82, 2.24) is 15.5 Å². The molecule has 0 bridgehead atoms. The van der Waals surface area contributed by atoms with Crippen molar-refractivity contribution in [3.05, 3.63) is 30.1 Å². The van der Waals surface area contributed by atoms with Crippen LogP contribution in [0.5, 0.6) is 0 Å². The highest BCUT2D eigenvalue weighted by Crippen LogP contribution is 2.20. The van der Waals surface area contributed by atoms with Gasteiger partial charge in [-0.05, 0) is 12.1 Å². The fourth-order valence-electron chi connectivity index (χ4n) is 2.76. The van der Waals surface area contributed by atoms with Gasteiger partial charge in [-0.1, -0.05) is 26.0 Å². The Labute approximate surface area is 172 Å². The van der Waals surface area contributed by atoms with Crippen molar-refractivity contribution in [2.45, 2.75) is 13.8 Å². The van der Waals surface area contributed by atoms with Gasteiger partial charge in [-0.2, -0.15) is 0 Å². The van der Waals surface area contributed by atoms with Crippen LogP contribution in [0.3, 0.4) is 0 Å². The normalized spacial score (nSPS) is 14.9. The van der Waals surface area contributed by atoms with Crippen LogP contribution < -0.4 is 15.5 Å². The van der Waals surface area contributed by atoms with Crippen molar-refractivity contribution in [3.63, 3.8) is 0 Å². The first-order chi connectivity index (χ1) is 12.0. The summed E-state index contributed by atoms with van der Waals surface area (Å²) in [5.74, 6) is 0.674. The molecule has 1 aromatic rings. The third kappa shape index (κ3) is 6.30. The van der Waals surface area contributed by atoms with Crippen LogP contribution in [-0.4, -0.2) is 63.1 Å². The molecule has 0 radical (unpaired) electrons. The maximum atomic E-state index is 13.9. The largest absolute Gasteiger partial charge is 0.366 e. The molecule has 0 unspecified atom stereocenters. The second kappa shape index (κ2) is 11.2. The van der Waals surface area contributed by atoms with E-state index in [4.69, 9.17) is 0 Å². The maximum absolute atomic E-state index is 13.9. The molecule has 2 N–H and O–H groups in total. The van der Waals surface area contributed by atoms with Gasteiger partial charge >= 0.3 is 0 Å². The number of carbonyl (C=O) groups excluding carboxylic acids is 1. The third-order valence-corrected chi connectivity index (χ3v) is 4.22. The van der Waals surface area contributed by atoms with Gasteiger partial charge < -0.3 is 20.4 Å². The molecule has 0 saturated carbocycles. The second-order valence-corrected chi connectivity index (χ2v) is 6.35. The number of nitrogens with one attached hydrogen (secondary N) is 2. The lowest BCUT2D eigenvalue weighted by atomic mass is 10.2. The van der Waals surface area contributed by atoms with Crippen molar-refractivity contribution < 1.29 is 9.18 Å². The van der Waals surface area contributed by atoms with Crippen LogP contribution in [0.15, 0.2) is 29.3 Å². The highest BCUT2D eigenvalue weighted by molar-refractivity contribution is 14.0. The minimum Gasteiger partial charge on any atom is -0.366 e. The molecule has 0 aliphatic carbocycles. The van der Waals surface area contributed by atoms with Gasteiger partial charge in [0.05, 0.1) is 5.69 Å². The maximum Gasteiger partial charge on any atom is 0.222 e. The number of benzene rings is 1. The molecule has 8 heteroatoms. The standard InChI is InChI=1S/C18H28FN5O.HI/c1-14(2)17(25)21-8-9-22-18(20-3)24-12-10-23(11-13-24)16-7-5-4-6-15(16)19;/h4-7,14H,8-13H2,1-3H3,(H,20,22)(H,21,25);1H. The van der Waals surface area contributed by atoms with Crippen LogP contribution in [0.4, 0.5) is 10.1 Å². The predicted molar refractivity (Wildman–Crippen MR) is 115 cm³/mol. The zero-order chi connectivity index (χ0) is 18.2. The molecule has 26 heavy (non-hydrogen) atoms. The molecule has 1 aromatic carbocycles. The summed E-state index contributed by atoms with van der Waals surface area (Å²) in [6.45, 7) is 7.95. The summed E-state index contributed by atoms with van der Waals surface area (Å²) >= 11 is 0. The minimum atomic E-state index is -0.181. The number of hydrogen-bond donors (Lipinski definition) is 2. The topological polar surface area (TPSA) is 60.0 Å². The number of carbonyl (C=O) groups is 1. The van der Waals surface area contributed by atoms with Gasteiger partial charge in [-0.25, -0.2) is 4.39 Å². The molecule has 1 fully saturated rings. The molecular weight excluding hydrogens is 448 g/mol. The molecular formula is C18H29FIN5O. The molecule has 1 saturated heterocycles. The third-order valence-electron chi connectivity index (χ3n) is 4.22. The van der Waals surface area contributed by atoms with Crippen molar-refractivity contribution in [2.75, 3.05) is 51.2 Å². The molecule has 0 atom stereocenters. The average molecular weight is 477 g/mol. The first-order valence-electron chi connectivity index (χ1n) is 8.75. The fourth-order valence-corrected chi connectivity index (χ4v) is 2.76. The Kier molecular flexibility index (Phi) is 9.68. The number of aliphatic imine (C=N–C) groups is 1. The molecule has 0 spiro atoms. The van der Waals surface area contributed by atoms with Crippen molar-refractivity contribution >= 4 is 41.5 Å². The van der Waals surface area contributed by atoms with E-state index in [2.05, 4.69) is 25.4 Å². The smallest absolute Gasteiger partial charge is 0.222 e. The van der Waals surface area contributed by atoms with Gasteiger partial charge in [-0.15, -0.1) is 24.0 Å². The van der Waals surface area contributed by atoms with Gasteiger partial charge in [0.25, 0.3) is 0 Å². The van der Waals surface area contributed by atoms with E-state index in [1.807, 2.05) is 26.0 Å². The zero-order valence-electron chi connectivity index (χ0n) is 15.7. The number of piperazine rings is 1. The zero-order valence-corrected chi connectivity index (χ0v) is 18.0. The number of nitrogens with zero attached hydrogens (tertiary/aromatic N) is 3. The first-order valence-corrected chi connectivity index (χ1v) is 8.75. The van der Waals surface area contributed by atoms with E-state index in [-0.39, 0.29) is 41.6 Å². The lowest BCUT2D eigenvalue weighted by Gasteiger charge is -2.37. The summed E-state index contributed by atoms with van der Waals surface area (Å²) in [6.07, 6.45) is 0. The monoisotopic (exact) mass is 477 g/mol. The molecule has 0 aromatic heterocycles. The molecule has 1 aliphatic rings. The number of hydrogen-bond acceptors (Lipinski definition) is 3. The van der Waals surface area contributed by atoms with Crippen LogP contribution in [0.25, 0.3) is 0 Å². The van der Waals surface area contributed by atoms with Crippen molar-refractivity contribution in [1.29, 1.82) is 0 Å². The summed E-state index contributed by atoms with van der Waals surface area (Å²) in [5.41, 5.74) is 0.654. The predicted octanol–water partition coefficient (Wildman–Crippen LogP) is 1.91. The van der Waals surface area contributed by atoms with Gasteiger partial charge in [0.1, 0.15) is 5.82 Å². The van der Waals surface area contributed by atoms with E-state index in [1.165, 1.54) is 6.07 Å². The second-order valence-electron chi connectivity index (χ2n) is 6.35. The number of amides is 1. The van der Waals surface area contributed by atoms with Crippen LogP contribution >= 0.6 is 24.0 Å². The first kappa shape index (κ1) is 22.5. The number of halogens is 2. The molecule has 6 nitrogen and oxygen atoms in total. The van der Waals surface area contributed by atoms with Gasteiger partial charge in [-0.3, -0.25) is 9.79 Å². The SMILES string of the molecule is CN=C(NCCNC(=O)C(C)C)N1CCN(c2ccccc2F)CC1.I. The Morgan fingerprint density at radius 2 is 1.77 bits per heavy atom. The number of anilines is 1. The number of para-hydroxylation sites is 1. The van der Waals surface area contributed by atoms with E-state index in [0.29, 0.717) is 18.8 Å². The van der Waals surface area contributed by atoms with E-state index in [9.17, 15) is 9.18 Å². The lowest BCUT2D eigenvalue weighted by molar-refractivity contribution is -0.123. The van der Waals surface area contributed by atoms with Crippen molar-refractivity contribution in [3.8, 4) is 0 Å². The van der Waals surface area contributed by atoms with Gasteiger partial charge in [0.15, 0.2) is 5.96 Å². The van der Waals surface area contributed by atoms with E-state index in [0.717, 1.165) is 32.1 Å². The Morgan fingerprint density at radius 3 is 2.35 bits per heavy atom. The summed E-state index contributed by atoms with van der Waals surface area (Å²) in [7, 11) is 1.75. The van der Waals surface area contributed by atoms with Crippen LogP contribution in [-0.2, 0) is 4.79 Å². The Morgan fingerprint density at radius 1 is 1.15 bits per heavy atom. The summed E-state index contributed by atoms with van der Waals surface area (Å²) in [4.78, 5) is 20.1. The molecule has 1 aliphatic heterocycles. The molecule has 146 valence electrons. The number of guanidine groups is 1. The van der Waals surface area contributed by atoms with Crippen LogP contribution in [0.1, 0.15) is 13.8 Å². The van der Waals surface area contributed by atoms with Crippen LogP contribution in [0, 0.1) is 11.7 Å².